The Hall–Kier alpha value is -0.910. The van der Waals surface area contributed by atoms with Crippen LogP contribution >= 0.6 is 11.8 Å². The molecule has 2 aliphatic rings. The fourth-order valence-electron chi connectivity index (χ4n) is 2.32. The number of nitrogens with zero attached hydrogens (tertiary/aromatic N) is 2. The van der Waals surface area contributed by atoms with Crippen LogP contribution in [0.3, 0.4) is 0 Å². The lowest BCUT2D eigenvalue weighted by molar-refractivity contribution is 0.200. The number of thioether (sulfide) groups is 1. The van der Waals surface area contributed by atoms with Crippen molar-refractivity contribution in [2.45, 2.75) is 16.7 Å². The molecule has 0 aromatic rings. The van der Waals surface area contributed by atoms with Crippen molar-refractivity contribution >= 4 is 11.8 Å². The van der Waals surface area contributed by atoms with Gasteiger partial charge in [-0.1, -0.05) is 6.58 Å². The Bertz CT molecular complexity index is 388. The molecule has 2 aliphatic heterocycles. The highest BCUT2D eigenvalue weighted by molar-refractivity contribution is 8.01. The second kappa shape index (κ2) is 6.50. The lowest BCUT2D eigenvalue weighted by Gasteiger charge is -2.46. The number of fused-ring (bicyclic) bond motifs is 1. The molecule has 2 fully saturated rings. The van der Waals surface area contributed by atoms with Crippen molar-refractivity contribution in [3.8, 4) is 0 Å². The van der Waals surface area contributed by atoms with Gasteiger partial charge < -0.3 is 15.5 Å². The van der Waals surface area contributed by atoms with Crippen LogP contribution in [0.2, 0.25) is 0 Å². The summed E-state index contributed by atoms with van der Waals surface area (Å²) in [5.74, 6) is 5.51. The third-order valence-electron chi connectivity index (χ3n) is 3.40. The Labute approximate surface area is 119 Å². The van der Waals surface area contributed by atoms with E-state index in [-0.39, 0.29) is 0 Å². The molecule has 0 spiro atoms. The molecule has 0 aromatic heterocycles. The first-order chi connectivity index (χ1) is 9.13. The molecule has 0 bridgehead atoms. The van der Waals surface area contributed by atoms with Gasteiger partial charge in [0.2, 0.25) is 0 Å². The van der Waals surface area contributed by atoms with Gasteiger partial charge in [0.1, 0.15) is 0 Å². The molecule has 0 saturated carbocycles. The van der Waals surface area contributed by atoms with Crippen LogP contribution < -0.4 is 16.5 Å². The maximum atomic E-state index is 5.51. The minimum atomic E-state index is 0.436. The SMILES string of the molecule is C=C1[C@@H](NC)C2S[C@@H](C=C=CNCCN(C)N)CN12. The highest BCUT2D eigenvalue weighted by Gasteiger charge is 2.47. The highest BCUT2D eigenvalue weighted by atomic mass is 32.2. The molecule has 1 unspecified atom stereocenters. The van der Waals surface area contributed by atoms with E-state index in [0.717, 1.165) is 19.6 Å². The molecule has 2 heterocycles. The van der Waals surface area contributed by atoms with Gasteiger partial charge in [-0.05, 0) is 13.1 Å². The first-order valence-electron chi connectivity index (χ1n) is 6.52. The Morgan fingerprint density at radius 1 is 1.68 bits per heavy atom. The van der Waals surface area contributed by atoms with E-state index in [9.17, 15) is 0 Å². The second-order valence-electron chi connectivity index (χ2n) is 4.89. The van der Waals surface area contributed by atoms with Crippen LogP contribution in [0.4, 0.5) is 0 Å². The molecule has 5 nitrogen and oxygen atoms in total. The van der Waals surface area contributed by atoms with Crippen molar-refractivity contribution in [2.24, 2.45) is 5.84 Å². The summed E-state index contributed by atoms with van der Waals surface area (Å²) in [6.45, 7) is 6.79. The molecule has 0 aliphatic carbocycles. The van der Waals surface area contributed by atoms with Crippen LogP contribution in [0.25, 0.3) is 0 Å². The molecule has 0 aromatic carbocycles. The van der Waals surface area contributed by atoms with Crippen LogP contribution in [0.1, 0.15) is 0 Å². The number of rotatable bonds is 6. The van der Waals surface area contributed by atoms with E-state index in [2.05, 4.69) is 33.9 Å². The van der Waals surface area contributed by atoms with E-state index in [4.69, 9.17) is 5.84 Å². The molecule has 2 saturated heterocycles. The van der Waals surface area contributed by atoms with E-state index in [1.165, 1.54) is 5.70 Å². The molecule has 3 atom stereocenters. The van der Waals surface area contributed by atoms with Crippen LogP contribution in [-0.4, -0.2) is 60.3 Å². The zero-order valence-corrected chi connectivity index (χ0v) is 12.4. The minimum absolute atomic E-state index is 0.436. The first kappa shape index (κ1) is 14.5. The topological polar surface area (TPSA) is 56.6 Å². The number of likely N-dealkylation sites (N-methyl/N-ethyl adjacent to an activating group) is 2. The zero-order chi connectivity index (χ0) is 13.8. The van der Waals surface area contributed by atoms with Crippen molar-refractivity contribution in [1.82, 2.24) is 20.5 Å². The van der Waals surface area contributed by atoms with Crippen LogP contribution in [-0.2, 0) is 0 Å². The van der Waals surface area contributed by atoms with E-state index in [1.54, 1.807) is 5.01 Å². The molecular formula is C13H23N5S. The molecule has 19 heavy (non-hydrogen) atoms. The molecule has 0 radical (unpaired) electrons. The van der Waals surface area contributed by atoms with E-state index >= 15 is 0 Å². The number of hydrazine groups is 1. The fourth-order valence-corrected chi connectivity index (χ4v) is 3.90. The van der Waals surface area contributed by atoms with Crippen molar-refractivity contribution in [3.05, 3.63) is 30.3 Å². The van der Waals surface area contributed by atoms with Gasteiger partial charge in [0.05, 0.1) is 11.4 Å². The summed E-state index contributed by atoms with van der Waals surface area (Å²) in [5.41, 5.74) is 4.41. The lowest BCUT2D eigenvalue weighted by atomic mass is 10.0. The van der Waals surface area contributed by atoms with Gasteiger partial charge in [-0.2, -0.15) is 0 Å². The smallest absolute Gasteiger partial charge is 0.0964 e. The fraction of sp³-hybridized carbons (Fsp3) is 0.615. The summed E-state index contributed by atoms with van der Waals surface area (Å²) in [4.78, 5) is 2.37. The summed E-state index contributed by atoms with van der Waals surface area (Å²) in [6, 6.07) is 0.436. The Morgan fingerprint density at radius 3 is 3.16 bits per heavy atom. The van der Waals surface area contributed by atoms with Gasteiger partial charge in [0.15, 0.2) is 0 Å². The molecule has 106 valence electrons. The maximum Gasteiger partial charge on any atom is 0.0964 e. The van der Waals surface area contributed by atoms with Crippen molar-refractivity contribution in [3.63, 3.8) is 0 Å². The first-order valence-corrected chi connectivity index (χ1v) is 7.46. The molecule has 0 amide bonds. The quantitative estimate of drug-likeness (QED) is 0.274. The highest BCUT2D eigenvalue weighted by Crippen LogP contribution is 2.44. The normalized spacial score (nSPS) is 28.7. The Balaban J connectivity index is 1.73. The standard InChI is InChI=1S/C13H23N5S/c1-10-12(15-2)13-18(10)9-11(19-13)5-4-6-16-7-8-17(3)14/h5-6,11-13,15-16H,1,7-9,14H2,2-3H3/t4?,11-,12+,13?/m0/s1. The summed E-state index contributed by atoms with van der Waals surface area (Å²) in [6.07, 6.45) is 3.99. The van der Waals surface area contributed by atoms with Gasteiger partial charge in [-0.3, -0.25) is 5.84 Å². The Morgan fingerprint density at radius 2 is 2.47 bits per heavy atom. The average Bonchev–Trinajstić information content (AvgIpc) is 2.73. The summed E-state index contributed by atoms with van der Waals surface area (Å²) in [7, 11) is 3.85. The number of hydrogen-bond donors (Lipinski definition) is 3. The summed E-state index contributed by atoms with van der Waals surface area (Å²) in [5, 5.41) is 9.17. The lowest BCUT2D eigenvalue weighted by Crippen LogP contribution is -2.58. The monoisotopic (exact) mass is 281 g/mol. The van der Waals surface area contributed by atoms with E-state index in [1.807, 2.05) is 32.1 Å². The third kappa shape index (κ3) is 3.35. The van der Waals surface area contributed by atoms with Crippen LogP contribution in [0, 0.1) is 0 Å². The van der Waals surface area contributed by atoms with Gasteiger partial charge >= 0.3 is 0 Å². The van der Waals surface area contributed by atoms with E-state index < -0.39 is 0 Å². The zero-order valence-electron chi connectivity index (χ0n) is 11.6. The van der Waals surface area contributed by atoms with Crippen LogP contribution in [0.15, 0.2) is 30.3 Å². The molecular weight excluding hydrogens is 258 g/mol. The van der Waals surface area contributed by atoms with Crippen molar-refractivity contribution in [2.75, 3.05) is 33.7 Å². The average molecular weight is 281 g/mol. The predicted octanol–water partition coefficient (Wildman–Crippen LogP) is -0.0909. The van der Waals surface area contributed by atoms with Gasteiger partial charge in [0.25, 0.3) is 0 Å². The summed E-state index contributed by atoms with van der Waals surface area (Å²) >= 11 is 1.97. The molecule has 4 N–H and O–H groups in total. The second-order valence-corrected chi connectivity index (χ2v) is 6.25. The van der Waals surface area contributed by atoms with Gasteiger partial charge in [-0.25, -0.2) is 5.01 Å². The summed E-state index contributed by atoms with van der Waals surface area (Å²) < 4.78 is 0. The van der Waals surface area contributed by atoms with Crippen LogP contribution in [0.5, 0.6) is 0 Å². The number of nitrogens with two attached hydrogens (primary N) is 1. The van der Waals surface area contributed by atoms with Gasteiger partial charge in [-0.15, -0.1) is 17.5 Å². The number of hydrogen-bond acceptors (Lipinski definition) is 6. The number of nitrogens with one attached hydrogen (secondary N) is 2. The third-order valence-corrected chi connectivity index (χ3v) is 4.84. The largest absolute Gasteiger partial charge is 0.383 e. The van der Waals surface area contributed by atoms with Gasteiger partial charge in [0, 0.05) is 43.8 Å². The maximum absolute atomic E-state index is 5.51. The molecule has 6 heteroatoms. The molecule has 2 rings (SSSR count). The Kier molecular flexibility index (Phi) is 4.96. The van der Waals surface area contributed by atoms with Crippen molar-refractivity contribution < 1.29 is 0 Å². The predicted molar refractivity (Wildman–Crippen MR) is 81.3 cm³/mol. The van der Waals surface area contributed by atoms with Crippen molar-refractivity contribution in [1.29, 1.82) is 0 Å². The van der Waals surface area contributed by atoms with E-state index in [0.29, 0.717) is 16.7 Å². The minimum Gasteiger partial charge on any atom is -0.383 e.